The molecule has 25 heavy (non-hydrogen) atoms. The van der Waals surface area contributed by atoms with Crippen LogP contribution in [0.1, 0.15) is 51.3 Å². The molecule has 0 spiro atoms. The Morgan fingerprint density at radius 2 is 1.92 bits per heavy atom. The van der Waals surface area contributed by atoms with Crippen molar-refractivity contribution < 1.29 is 13.9 Å². The van der Waals surface area contributed by atoms with E-state index in [1.54, 1.807) is 18.2 Å². The summed E-state index contributed by atoms with van der Waals surface area (Å²) in [6, 6.07) is 8.39. The molecule has 2 aromatic rings. The summed E-state index contributed by atoms with van der Waals surface area (Å²) in [5.74, 6) is -0.548. The molecule has 0 amide bonds. The van der Waals surface area contributed by atoms with Gasteiger partial charge < -0.3 is 4.74 Å². The number of carbonyl (C=O) groups excluding carboxylic acids is 1. The largest absolute Gasteiger partial charge is 0.468 e. The first-order valence-electron chi connectivity index (χ1n) is 8.50. The van der Waals surface area contributed by atoms with Gasteiger partial charge in [0.25, 0.3) is 0 Å². The normalized spacial score (nSPS) is 24.0. The van der Waals surface area contributed by atoms with Crippen LogP contribution in [-0.4, -0.2) is 23.3 Å². The lowest BCUT2D eigenvalue weighted by Crippen LogP contribution is -2.45. The number of rotatable bonds is 3. The Bertz CT molecular complexity index is 834. The zero-order valence-electron chi connectivity index (χ0n) is 15.3. The van der Waals surface area contributed by atoms with Gasteiger partial charge in [0.05, 0.1) is 18.5 Å². The van der Waals surface area contributed by atoms with Crippen molar-refractivity contribution in [3.05, 3.63) is 47.4 Å². The monoisotopic (exact) mass is 342 g/mol. The molecule has 0 N–H and O–H groups in total. The number of benzene rings is 1. The van der Waals surface area contributed by atoms with Crippen molar-refractivity contribution >= 4 is 5.97 Å². The summed E-state index contributed by atoms with van der Waals surface area (Å²) in [6.07, 6.45) is 0.842. The molecule has 1 aliphatic carbocycles. The predicted molar refractivity (Wildman–Crippen MR) is 93.6 cm³/mol. The van der Waals surface area contributed by atoms with Crippen LogP contribution >= 0.6 is 0 Å². The zero-order chi connectivity index (χ0) is 18.4. The molecule has 0 radical (unpaired) electrons. The summed E-state index contributed by atoms with van der Waals surface area (Å²) in [4.78, 5) is 12.6. The molecule has 3 rings (SSSR count). The summed E-state index contributed by atoms with van der Waals surface area (Å²) in [5, 5.41) is 8.61. The van der Waals surface area contributed by atoms with Crippen LogP contribution in [0.5, 0.6) is 0 Å². The number of ether oxygens (including phenoxy) is 1. The van der Waals surface area contributed by atoms with Crippen LogP contribution in [0.25, 0.3) is 11.3 Å². The Morgan fingerprint density at radius 3 is 2.52 bits per heavy atom. The van der Waals surface area contributed by atoms with E-state index in [4.69, 9.17) is 4.74 Å². The maximum Gasteiger partial charge on any atom is 0.318 e. The second-order valence-corrected chi connectivity index (χ2v) is 7.31. The van der Waals surface area contributed by atoms with Gasteiger partial charge in [0, 0.05) is 5.56 Å². The molecule has 0 saturated carbocycles. The van der Waals surface area contributed by atoms with Gasteiger partial charge in [-0.15, -0.1) is 0 Å². The van der Waals surface area contributed by atoms with Crippen LogP contribution in [-0.2, 0) is 14.9 Å². The average molecular weight is 342 g/mol. The number of hydrogen-bond donors (Lipinski definition) is 0. The van der Waals surface area contributed by atoms with E-state index in [0.717, 1.165) is 12.0 Å². The van der Waals surface area contributed by atoms with E-state index in [2.05, 4.69) is 31.0 Å². The van der Waals surface area contributed by atoms with E-state index in [9.17, 15) is 9.18 Å². The van der Waals surface area contributed by atoms with Crippen molar-refractivity contribution in [1.29, 1.82) is 0 Å². The summed E-state index contributed by atoms with van der Waals surface area (Å²) in [6.45, 7) is 8.07. The smallest absolute Gasteiger partial charge is 0.318 e. The third-order valence-corrected chi connectivity index (χ3v) is 5.98. The van der Waals surface area contributed by atoms with Gasteiger partial charge >= 0.3 is 5.97 Å². The molecule has 2 atom stereocenters. The van der Waals surface area contributed by atoms with E-state index in [1.807, 2.05) is 13.0 Å². The Morgan fingerprint density at radius 1 is 1.24 bits per heavy atom. The fourth-order valence-electron chi connectivity index (χ4n) is 4.20. The van der Waals surface area contributed by atoms with Crippen molar-refractivity contribution in [1.82, 2.24) is 10.2 Å². The highest BCUT2D eigenvalue weighted by molar-refractivity contribution is 5.85. The lowest BCUT2D eigenvalue weighted by Gasteiger charge is -2.38. The number of aromatic nitrogens is 2. The Hall–Kier alpha value is -2.30. The zero-order valence-corrected chi connectivity index (χ0v) is 15.3. The highest BCUT2D eigenvalue weighted by Crippen LogP contribution is 2.59. The quantitative estimate of drug-likeness (QED) is 0.783. The second-order valence-electron chi connectivity index (χ2n) is 7.31. The fraction of sp³-hybridized carbons (Fsp3) is 0.450. The summed E-state index contributed by atoms with van der Waals surface area (Å²) in [5.41, 5.74) is 1.21. The Balaban J connectivity index is 2.23. The first-order chi connectivity index (χ1) is 11.8. The highest BCUT2D eigenvalue weighted by Gasteiger charge is 2.61. The van der Waals surface area contributed by atoms with E-state index >= 15 is 0 Å². The van der Waals surface area contributed by atoms with Gasteiger partial charge in [-0.25, -0.2) is 4.39 Å². The maximum atomic E-state index is 14.2. The number of fused-ring (bicyclic) bond motifs is 1. The van der Waals surface area contributed by atoms with E-state index in [-0.39, 0.29) is 23.1 Å². The molecule has 1 aliphatic rings. The van der Waals surface area contributed by atoms with Crippen LogP contribution in [0.4, 0.5) is 4.39 Å². The van der Waals surface area contributed by atoms with Crippen molar-refractivity contribution in [3.8, 4) is 11.3 Å². The third kappa shape index (κ3) is 2.29. The molecule has 5 heteroatoms. The molecular formula is C20H23FN2O2. The minimum Gasteiger partial charge on any atom is -0.468 e. The molecular weight excluding hydrogens is 319 g/mol. The molecule has 1 aromatic carbocycles. The van der Waals surface area contributed by atoms with Crippen LogP contribution in [0.2, 0.25) is 0 Å². The highest BCUT2D eigenvalue weighted by atomic mass is 19.1. The van der Waals surface area contributed by atoms with Crippen molar-refractivity contribution in [3.63, 3.8) is 0 Å². The topological polar surface area (TPSA) is 52.1 Å². The van der Waals surface area contributed by atoms with Gasteiger partial charge in [-0.3, -0.25) is 4.79 Å². The Labute approximate surface area is 147 Å². The number of esters is 1. The van der Waals surface area contributed by atoms with Crippen LogP contribution in [0, 0.1) is 11.2 Å². The van der Waals surface area contributed by atoms with E-state index in [0.29, 0.717) is 17.0 Å². The van der Waals surface area contributed by atoms with Crippen LogP contribution < -0.4 is 0 Å². The van der Waals surface area contributed by atoms with Crippen LogP contribution in [0.15, 0.2) is 30.3 Å². The maximum absolute atomic E-state index is 14.2. The van der Waals surface area contributed by atoms with Crippen LogP contribution in [0.3, 0.4) is 0 Å². The minimum atomic E-state index is -0.890. The molecule has 132 valence electrons. The van der Waals surface area contributed by atoms with Gasteiger partial charge in [0.2, 0.25) is 0 Å². The van der Waals surface area contributed by atoms with E-state index < -0.39 is 5.41 Å². The van der Waals surface area contributed by atoms with Crippen molar-refractivity contribution in [2.45, 2.75) is 45.4 Å². The van der Waals surface area contributed by atoms with Gasteiger partial charge in [0.15, 0.2) is 0 Å². The predicted octanol–water partition coefficient (Wildman–Crippen LogP) is 4.25. The SMILES string of the molecule is CC[C@@H]1c2cc(-c3ccccc3F)nnc2C(C)(C(=O)OC)C1(C)C. The molecule has 1 aromatic heterocycles. The summed E-state index contributed by atoms with van der Waals surface area (Å²) < 4.78 is 19.2. The van der Waals surface area contributed by atoms with Gasteiger partial charge in [-0.1, -0.05) is 32.9 Å². The number of carbonyl (C=O) groups is 1. The van der Waals surface area contributed by atoms with Gasteiger partial charge in [0.1, 0.15) is 11.2 Å². The first-order valence-corrected chi connectivity index (χ1v) is 8.50. The molecule has 4 nitrogen and oxygen atoms in total. The lowest BCUT2D eigenvalue weighted by atomic mass is 9.64. The molecule has 0 aliphatic heterocycles. The molecule has 1 heterocycles. The summed E-state index contributed by atoms with van der Waals surface area (Å²) >= 11 is 0. The third-order valence-electron chi connectivity index (χ3n) is 5.98. The first kappa shape index (κ1) is 17.5. The molecule has 0 saturated heterocycles. The average Bonchev–Trinajstić information content (AvgIpc) is 2.77. The van der Waals surface area contributed by atoms with E-state index in [1.165, 1.54) is 13.2 Å². The number of halogens is 1. The lowest BCUT2D eigenvalue weighted by molar-refractivity contribution is -0.151. The molecule has 1 unspecified atom stereocenters. The molecule has 0 bridgehead atoms. The number of nitrogens with zero attached hydrogens (tertiary/aromatic N) is 2. The standard InChI is InChI=1S/C20H23FN2O2/c1-6-14-13-11-16(12-9-7-8-10-15(12)21)22-23-17(13)20(4,18(24)25-5)19(14,2)3/h7-11,14H,6H2,1-5H3/t14-,20?/m1/s1. The van der Waals surface area contributed by atoms with Crippen molar-refractivity contribution in [2.24, 2.45) is 5.41 Å². The van der Waals surface area contributed by atoms with Gasteiger partial charge in [-0.05, 0) is 48.4 Å². The number of methoxy groups -OCH3 is 1. The number of hydrogen-bond acceptors (Lipinski definition) is 4. The minimum absolute atomic E-state index is 0.104. The second kappa shape index (κ2) is 5.90. The fourth-order valence-corrected chi connectivity index (χ4v) is 4.20. The van der Waals surface area contributed by atoms with Crippen molar-refractivity contribution in [2.75, 3.05) is 7.11 Å². The summed E-state index contributed by atoms with van der Waals surface area (Å²) in [7, 11) is 1.39. The molecule has 0 fully saturated rings. The van der Waals surface area contributed by atoms with Gasteiger partial charge in [-0.2, -0.15) is 10.2 Å². The Kier molecular flexibility index (Phi) is 4.13.